The van der Waals surface area contributed by atoms with Crippen LogP contribution in [0.3, 0.4) is 0 Å². The molecule has 212 valence electrons. The second kappa shape index (κ2) is 14.4. The molecule has 8 bridgehead atoms. The van der Waals surface area contributed by atoms with Crippen LogP contribution in [-0.2, 0) is 43.5 Å². The van der Waals surface area contributed by atoms with E-state index in [1.807, 2.05) is 0 Å². The van der Waals surface area contributed by atoms with E-state index in [0.29, 0.717) is 19.8 Å². The van der Waals surface area contributed by atoms with E-state index in [1.54, 1.807) is 21.3 Å². The predicted octanol–water partition coefficient (Wildman–Crippen LogP) is 5.85. The molecule has 3 aromatic rings. The summed E-state index contributed by atoms with van der Waals surface area (Å²) in [6, 6.07) is 12.5. The fourth-order valence-electron chi connectivity index (χ4n) is 4.85. The molecular weight excluding hydrogens is 615 g/mol. The molecule has 2 aliphatic heterocycles. The molecule has 0 N–H and O–H groups in total. The summed E-state index contributed by atoms with van der Waals surface area (Å²) < 4.78 is 16.1. The first-order valence-electron chi connectivity index (χ1n) is 13.2. The van der Waals surface area contributed by atoms with E-state index in [1.165, 1.54) is 5.56 Å². The first kappa shape index (κ1) is 30.4. The molecule has 0 unspecified atom stereocenters. The number of fused-ring (bicyclic) bond motifs is 10. The van der Waals surface area contributed by atoms with Crippen LogP contribution in [0.1, 0.15) is 46.7 Å². The summed E-state index contributed by atoms with van der Waals surface area (Å²) >= 11 is 3.60. The van der Waals surface area contributed by atoms with Gasteiger partial charge in [-0.15, -0.1) is 22.1 Å². The minimum Gasteiger partial charge on any atom is -0.656 e. The summed E-state index contributed by atoms with van der Waals surface area (Å²) in [5, 5.41) is 0.856. The van der Waals surface area contributed by atoms with Gasteiger partial charge in [0.2, 0.25) is 0 Å². The molecule has 0 fully saturated rings. The van der Waals surface area contributed by atoms with Gasteiger partial charge in [-0.25, -0.2) is 0 Å². The van der Waals surface area contributed by atoms with Crippen LogP contribution in [0.15, 0.2) is 36.4 Å². The van der Waals surface area contributed by atoms with Gasteiger partial charge in [0.25, 0.3) is 0 Å². The molecule has 40 heavy (non-hydrogen) atoms. The molecule has 3 aromatic heterocycles. The van der Waals surface area contributed by atoms with Crippen molar-refractivity contribution in [2.75, 3.05) is 46.5 Å². The maximum Gasteiger partial charge on any atom is 2.00 e. The Hall–Kier alpha value is -2.55. The SMILES string of the molecule is COCCC1=Cc2nc1ccc1[n-]c(cc1CCOC)c1nc(ccc3[n-]c2cc3CCBr)C(CCOC)=C1.[Ni+2]. The zero-order valence-corrected chi connectivity index (χ0v) is 25.6. The third-order valence-electron chi connectivity index (χ3n) is 6.94. The van der Waals surface area contributed by atoms with Gasteiger partial charge in [0.05, 0.1) is 31.2 Å². The number of rotatable bonds is 11. The van der Waals surface area contributed by atoms with E-state index in [4.69, 9.17) is 34.1 Å². The van der Waals surface area contributed by atoms with Crippen molar-refractivity contribution in [2.45, 2.75) is 25.7 Å². The summed E-state index contributed by atoms with van der Waals surface area (Å²) in [5.74, 6) is 0. The van der Waals surface area contributed by atoms with Gasteiger partial charge in [-0.1, -0.05) is 51.3 Å². The smallest absolute Gasteiger partial charge is 0.656 e. The molecule has 0 saturated heterocycles. The number of halogens is 1. The van der Waals surface area contributed by atoms with Crippen molar-refractivity contribution in [3.8, 4) is 0 Å². The van der Waals surface area contributed by atoms with Crippen molar-refractivity contribution in [3.63, 3.8) is 0 Å². The largest absolute Gasteiger partial charge is 2.00 e. The van der Waals surface area contributed by atoms with Crippen LogP contribution in [0, 0.1) is 0 Å². The van der Waals surface area contributed by atoms with Gasteiger partial charge in [0.15, 0.2) is 0 Å². The molecule has 5 rings (SSSR count). The van der Waals surface area contributed by atoms with Crippen LogP contribution in [0.2, 0.25) is 0 Å². The van der Waals surface area contributed by atoms with E-state index in [2.05, 4.69) is 64.5 Å². The van der Waals surface area contributed by atoms with Crippen LogP contribution < -0.4 is 9.97 Å². The summed E-state index contributed by atoms with van der Waals surface area (Å²) in [6.07, 6.45) is 7.43. The normalized spacial score (nSPS) is 12.7. The van der Waals surface area contributed by atoms with E-state index in [-0.39, 0.29) is 16.5 Å². The molecule has 7 nitrogen and oxygen atoms in total. The Kier molecular flexibility index (Phi) is 10.9. The Labute approximate surface area is 253 Å². The summed E-state index contributed by atoms with van der Waals surface area (Å²) in [4.78, 5) is 20.0. The first-order valence-corrected chi connectivity index (χ1v) is 14.3. The molecule has 0 saturated carbocycles. The van der Waals surface area contributed by atoms with E-state index >= 15 is 0 Å². The number of nitrogens with zero attached hydrogens (tertiary/aromatic N) is 4. The van der Waals surface area contributed by atoms with Crippen molar-refractivity contribution >= 4 is 61.3 Å². The Bertz CT molecular complexity index is 1560. The third kappa shape index (κ3) is 6.84. The molecular formula is C31H33BrN4NiO3. The number of aryl methyl sites for hydroxylation is 1. The third-order valence-corrected chi connectivity index (χ3v) is 7.33. The molecule has 0 aromatic carbocycles. The van der Waals surface area contributed by atoms with Gasteiger partial charge < -0.3 is 24.2 Å². The van der Waals surface area contributed by atoms with Crippen LogP contribution in [0.5, 0.6) is 0 Å². The Morgan fingerprint density at radius 2 is 1.07 bits per heavy atom. The van der Waals surface area contributed by atoms with Gasteiger partial charge >= 0.3 is 16.5 Å². The van der Waals surface area contributed by atoms with Crippen molar-refractivity contribution in [1.82, 2.24) is 19.9 Å². The van der Waals surface area contributed by atoms with Crippen LogP contribution in [0.25, 0.3) is 45.4 Å². The van der Waals surface area contributed by atoms with Gasteiger partial charge in [0.1, 0.15) is 0 Å². The second-order valence-electron chi connectivity index (χ2n) is 9.54. The second-order valence-corrected chi connectivity index (χ2v) is 10.3. The summed E-state index contributed by atoms with van der Waals surface area (Å²) in [5.41, 5.74) is 11.7. The van der Waals surface area contributed by atoms with Crippen molar-refractivity contribution in [2.24, 2.45) is 0 Å². The fourth-order valence-corrected chi connectivity index (χ4v) is 5.28. The molecule has 0 spiro atoms. The predicted molar refractivity (Wildman–Crippen MR) is 161 cm³/mol. The first-order chi connectivity index (χ1) is 19.1. The fraction of sp³-hybridized carbons (Fsp3) is 0.355. The Morgan fingerprint density at radius 3 is 1.52 bits per heavy atom. The average Bonchev–Trinajstić information content (AvgIpc) is 3.72. The van der Waals surface area contributed by atoms with Gasteiger partial charge in [-0.05, 0) is 61.1 Å². The van der Waals surface area contributed by atoms with Gasteiger partial charge in [0, 0.05) is 38.0 Å². The maximum atomic E-state index is 5.38. The number of methoxy groups -OCH3 is 3. The monoisotopic (exact) mass is 646 g/mol. The summed E-state index contributed by atoms with van der Waals surface area (Å²) in [7, 11) is 5.16. The van der Waals surface area contributed by atoms with E-state index < -0.39 is 0 Å². The molecule has 0 radical (unpaired) electrons. The average molecular weight is 648 g/mol. The molecule has 0 amide bonds. The number of hydrogen-bond donors (Lipinski definition) is 0. The quantitative estimate of drug-likeness (QED) is 0.191. The van der Waals surface area contributed by atoms with Gasteiger partial charge in [-0.2, -0.15) is 0 Å². The van der Waals surface area contributed by atoms with Crippen LogP contribution >= 0.6 is 15.9 Å². The maximum absolute atomic E-state index is 5.38. The van der Waals surface area contributed by atoms with Crippen molar-refractivity contribution in [3.05, 3.63) is 70.3 Å². The van der Waals surface area contributed by atoms with Crippen LogP contribution in [0.4, 0.5) is 0 Å². The topological polar surface area (TPSA) is 81.7 Å². The molecule has 9 heteroatoms. The molecule has 5 heterocycles. The molecule has 0 atom stereocenters. The number of aromatic nitrogens is 4. The summed E-state index contributed by atoms with van der Waals surface area (Å²) in [6.45, 7) is 1.86. The van der Waals surface area contributed by atoms with E-state index in [9.17, 15) is 0 Å². The van der Waals surface area contributed by atoms with Crippen LogP contribution in [-0.4, -0.2) is 56.4 Å². The zero-order valence-electron chi connectivity index (χ0n) is 23.0. The Morgan fingerprint density at radius 1 is 0.625 bits per heavy atom. The zero-order chi connectivity index (χ0) is 27.2. The number of alkyl halides is 1. The molecule has 2 aliphatic rings. The standard InChI is InChI=1S/C31H33BrN4O3.Ni/c1-37-13-9-21-17-29-28-16-20(8-12-32)24(33-28)4-5-25-22(10-14-38-2)18-30(35-25)31-19-23(11-15-39-3)27(36-31)7-6-26(21)34-29;/h4-7,16-19H,8-15H2,1-3H3;/q-2;+2. The Balaban J connectivity index is 0.00000370. The van der Waals surface area contributed by atoms with Crippen molar-refractivity contribution in [1.29, 1.82) is 0 Å². The molecule has 0 aliphatic carbocycles. The number of hydrogen-bond acceptors (Lipinski definition) is 5. The minimum atomic E-state index is 0. The van der Waals surface area contributed by atoms with Crippen molar-refractivity contribution < 1.29 is 30.7 Å². The van der Waals surface area contributed by atoms with E-state index in [0.717, 1.165) is 92.6 Å². The minimum absolute atomic E-state index is 0. The van der Waals surface area contributed by atoms with Gasteiger partial charge in [-0.3, -0.25) is 9.97 Å². The number of ether oxygens (including phenoxy) is 3.